The van der Waals surface area contributed by atoms with E-state index in [1.165, 1.54) is 59.3 Å². The summed E-state index contributed by atoms with van der Waals surface area (Å²) in [5, 5.41) is 0. The minimum atomic E-state index is -2.96. The fourth-order valence-corrected chi connectivity index (χ4v) is 46.2. The number of hydrogen-bond acceptors (Lipinski definition) is 4. The van der Waals surface area contributed by atoms with Crippen LogP contribution < -0.4 is 6.61 Å². The van der Waals surface area contributed by atoms with Crippen LogP contribution in [0.15, 0.2) is 60.7 Å². The summed E-state index contributed by atoms with van der Waals surface area (Å²) in [7, 11) is 0. The van der Waals surface area contributed by atoms with Gasteiger partial charge in [-0.2, -0.15) is 0 Å². The number of hydrogen-bond donors (Lipinski definition) is 2. The molecular formula is C28H32InN4O2Zr. The molecule has 2 saturated heterocycles. The molecule has 2 heterocycles. The summed E-state index contributed by atoms with van der Waals surface area (Å²) < 4.78 is 7.19. The Balaban J connectivity index is 1.48. The number of benzene rings is 2. The van der Waals surface area contributed by atoms with Crippen LogP contribution in [0, 0.1) is 0 Å². The van der Waals surface area contributed by atoms with Crippen molar-refractivity contribution in [3.63, 3.8) is 0 Å². The van der Waals surface area contributed by atoms with Gasteiger partial charge in [-0.25, -0.2) is 0 Å². The molecule has 6 nitrogen and oxygen atoms in total. The monoisotopic (exact) mass is 661 g/mol. The van der Waals surface area contributed by atoms with Gasteiger partial charge < -0.3 is 0 Å². The van der Waals surface area contributed by atoms with Gasteiger partial charge in [0.05, 0.1) is 0 Å². The van der Waals surface area contributed by atoms with Crippen LogP contribution in [0.2, 0.25) is 0 Å². The third-order valence-electron chi connectivity index (χ3n) is 8.21. The summed E-state index contributed by atoms with van der Waals surface area (Å²) in [5.74, 6) is 0. The number of carbonyl (C=O) groups is 2. The van der Waals surface area contributed by atoms with E-state index < -0.39 is 34.3 Å². The van der Waals surface area contributed by atoms with Gasteiger partial charge in [-0.1, -0.05) is 0 Å². The molecule has 2 fully saturated rings. The van der Waals surface area contributed by atoms with Crippen molar-refractivity contribution in [2.45, 2.75) is 32.9 Å². The molecule has 2 aliphatic heterocycles. The third kappa shape index (κ3) is 4.43. The topological polar surface area (TPSA) is 64.7 Å². The van der Waals surface area contributed by atoms with E-state index in [0.29, 0.717) is 7.25 Å². The summed E-state index contributed by atoms with van der Waals surface area (Å²) in [6.07, 6.45) is 11.8. The second-order valence-electron chi connectivity index (χ2n) is 10.1. The SMILES string of the molecule is O=C[NH][In]([NH]C=O)[Zr]([CH]1C=C(N2CCCC2)c2ccccc21)[CH]1C=C(N2CCCC2)c2ccccc21. The van der Waals surface area contributed by atoms with Crippen molar-refractivity contribution < 1.29 is 26.6 Å². The quantitative estimate of drug-likeness (QED) is 0.404. The standard InChI is InChI=1S/2C13H14N.2CH3NO.In.Zr/c2*1-2-6-12-11(5-1)7-8-13(12)14-9-3-4-10-14;2*2-1-3;;/h2*1-2,5-8H,3-4,9-10H2;2*1H,(H2,2,3);;/q;;;;+2;/p-2. The molecule has 2 atom stereocenters. The van der Waals surface area contributed by atoms with Crippen LogP contribution in [-0.2, 0) is 26.6 Å². The van der Waals surface area contributed by atoms with Crippen molar-refractivity contribution in [2.75, 3.05) is 26.2 Å². The summed E-state index contributed by atoms with van der Waals surface area (Å²) in [5.41, 5.74) is 8.30. The number of rotatable bonds is 9. The molecule has 0 saturated carbocycles. The van der Waals surface area contributed by atoms with Gasteiger partial charge in [-0.3, -0.25) is 0 Å². The second kappa shape index (κ2) is 10.9. The van der Waals surface area contributed by atoms with Crippen LogP contribution in [0.4, 0.5) is 0 Å². The van der Waals surface area contributed by atoms with E-state index in [9.17, 15) is 9.59 Å². The van der Waals surface area contributed by atoms with Gasteiger partial charge in [0, 0.05) is 0 Å². The van der Waals surface area contributed by atoms with Crippen molar-refractivity contribution >= 4 is 41.5 Å². The van der Waals surface area contributed by atoms with Gasteiger partial charge in [0.15, 0.2) is 0 Å². The van der Waals surface area contributed by atoms with Crippen molar-refractivity contribution in [2.24, 2.45) is 0 Å². The fourth-order valence-electron chi connectivity index (χ4n) is 6.63. The zero-order valence-electron chi connectivity index (χ0n) is 20.5. The average Bonchev–Trinajstić information content (AvgIpc) is 3.71. The number of carbonyl (C=O) groups excluding carboxylic acids is 2. The van der Waals surface area contributed by atoms with Gasteiger partial charge in [0.25, 0.3) is 0 Å². The predicted molar refractivity (Wildman–Crippen MR) is 140 cm³/mol. The van der Waals surface area contributed by atoms with Crippen molar-refractivity contribution in [1.29, 1.82) is 0 Å². The fraction of sp³-hybridized carbons (Fsp3) is 0.357. The Kier molecular flexibility index (Phi) is 7.44. The Morgan fingerprint density at radius 3 is 1.53 bits per heavy atom. The van der Waals surface area contributed by atoms with Gasteiger partial charge in [-0.15, -0.1) is 0 Å². The summed E-state index contributed by atoms with van der Waals surface area (Å²) in [4.78, 5) is 28.8. The van der Waals surface area contributed by atoms with Gasteiger partial charge >= 0.3 is 227 Å². The average molecular weight is 663 g/mol. The first-order valence-electron chi connectivity index (χ1n) is 13.2. The zero-order valence-corrected chi connectivity index (χ0v) is 26.3. The first-order chi connectivity index (χ1) is 17.8. The van der Waals surface area contributed by atoms with Crippen LogP contribution in [0.3, 0.4) is 0 Å². The number of likely N-dealkylation sites (tertiary alicyclic amines) is 2. The van der Waals surface area contributed by atoms with E-state index in [2.05, 4.69) is 77.1 Å². The number of nitrogens with one attached hydrogen (secondary N) is 2. The van der Waals surface area contributed by atoms with Gasteiger partial charge in [0.1, 0.15) is 0 Å². The molecule has 0 bridgehead atoms. The van der Waals surface area contributed by atoms with E-state index in [1.54, 1.807) is 0 Å². The predicted octanol–water partition coefficient (Wildman–Crippen LogP) is 3.46. The Morgan fingerprint density at radius 2 is 1.11 bits per heavy atom. The molecule has 2 N–H and O–H groups in total. The molecule has 2 amide bonds. The van der Waals surface area contributed by atoms with Crippen LogP contribution in [0.25, 0.3) is 11.4 Å². The Bertz CT molecular complexity index is 1110. The molecule has 4 aliphatic rings. The van der Waals surface area contributed by atoms with E-state index >= 15 is 0 Å². The summed E-state index contributed by atoms with van der Waals surface area (Å²) >= 11 is -5.57. The molecule has 0 radical (unpaired) electrons. The van der Waals surface area contributed by atoms with Crippen LogP contribution in [0.1, 0.15) is 55.2 Å². The first kappa shape index (κ1) is 24.5. The van der Waals surface area contributed by atoms with Crippen molar-refractivity contribution in [1.82, 2.24) is 16.4 Å². The molecule has 36 heavy (non-hydrogen) atoms. The molecule has 2 aromatic carbocycles. The molecule has 8 heteroatoms. The van der Waals surface area contributed by atoms with Gasteiger partial charge in [0.2, 0.25) is 0 Å². The summed E-state index contributed by atoms with van der Waals surface area (Å²) in [6.45, 7) is 4.46. The number of fused-ring (bicyclic) bond motifs is 2. The third-order valence-corrected chi connectivity index (χ3v) is 47.3. The van der Waals surface area contributed by atoms with Gasteiger partial charge in [-0.05, 0) is 0 Å². The van der Waals surface area contributed by atoms with Crippen LogP contribution in [-0.4, -0.2) is 66.1 Å². The maximum atomic E-state index is 11.8. The molecule has 0 spiro atoms. The van der Waals surface area contributed by atoms with E-state index in [4.69, 9.17) is 0 Å². The Morgan fingerprint density at radius 1 is 0.694 bits per heavy atom. The zero-order chi connectivity index (χ0) is 24.5. The minimum absolute atomic E-state index is 0.340. The maximum absolute atomic E-state index is 11.8. The molecular weight excluding hydrogens is 630 g/mol. The van der Waals surface area contributed by atoms with Crippen molar-refractivity contribution in [3.8, 4) is 0 Å². The van der Waals surface area contributed by atoms with E-state index in [1.807, 2.05) is 0 Å². The first-order valence-corrected chi connectivity index (χ1v) is 30.5. The number of nitrogens with zero attached hydrogens (tertiary/aromatic N) is 2. The van der Waals surface area contributed by atoms with E-state index in [0.717, 1.165) is 39.0 Å². The second-order valence-corrected chi connectivity index (χ2v) is 40.8. The summed E-state index contributed by atoms with van der Waals surface area (Å²) in [6, 6.07) is 17.8. The van der Waals surface area contributed by atoms with E-state index in [-0.39, 0.29) is 0 Å². The molecule has 6 rings (SSSR count). The molecule has 0 aromatic heterocycles. The molecule has 2 aromatic rings. The van der Waals surface area contributed by atoms with Crippen LogP contribution in [0.5, 0.6) is 0 Å². The normalized spacial score (nSPS) is 22.0. The number of allylic oxidation sites excluding steroid dienone is 2. The Hall–Kier alpha value is -1.79. The van der Waals surface area contributed by atoms with Crippen molar-refractivity contribution in [3.05, 3.63) is 82.9 Å². The molecule has 2 aliphatic carbocycles. The number of amides is 2. The molecule has 2 unspecified atom stereocenters. The van der Waals surface area contributed by atoms with Crippen LogP contribution >= 0.6 is 0 Å². The Labute approximate surface area is 224 Å². The molecule has 183 valence electrons.